The maximum absolute atomic E-state index is 13.4. The highest BCUT2D eigenvalue weighted by atomic mass is 32.1. The fourth-order valence-corrected chi connectivity index (χ4v) is 3.66. The number of thiophene rings is 1. The van der Waals surface area contributed by atoms with Gasteiger partial charge in [-0.1, -0.05) is 30.3 Å². The molecule has 0 fully saturated rings. The average molecular weight is 342 g/mol. The van der Waals surface area contributed by atoms with E-state index in [1.807, 2.05) is 6.07 Å². The molecule has 0 aliphatic carbocycles. The summed E-state index contributed by atoms with van der Waals surface area (Å²) in [6.45, 7) is 1.76. The van der Waals surface area contributed by atoms with E-state index in [9.17, 15) is 14.0 Å². The molecule has 6 heteroatoms. The monoisotopic (exact) mass is 342 g/mol. The third-order valence-electron chi connectivity index (χ3n) is 3.80. The Morgan fingerprint density at radius 2 is 1.88 bits per heavy atom. The fraction of sp³-hybridized carbons (Fsp3) is 0.111. The molecule has 0 aliphatic heterocycles. The van der Waals surface area contributed by atoms with E-state index in [0.29, 0.717) is 21.4 Å². The molecule has 3 aromatic rings. The van der Waals surface area contributed by atoms with Crippen LogP contribution in [0.2, 0.25) is 0 Å². The lowest BCUT2D eigenvalue weighted by atomic mass is 10.1. The Kier molecular flexibility index (Phi) is 4.31. The Bertz CT molecular complexity index is 921. The molecule has 122 valence electrons. The van der Waals surface area contributed by atoms with Crippen LogP contribution in [0.5, 0.6) is 0 Å². The Balaban J connectivity index is 1.94. The normalized spacial score (nSPS) is 12.1. The van der Waals surface area contributed by atoms with Gasteiger partial charge in [-0.25, -0.2) is 4.39 Å². The molecular formula is C18H15FN2O2S. The summed E-state index contributed by atoms with van der Waals surface area (Å²) in [5.41, 5.74) is 6.73. The molecule has 0 spiro atoms. The summed E-state index contributed by atoms with van der Waals surface area (Å²) >= 11 is 1.26. The van der Waals surface area contributed by atoms with Crippen LogP contribution in [-0.4, -0.2) is 11.8 Å². The van der Waals surface area contributed by atoms with Gasteiger partial charge in [-0.3, -0.25) is 9.59 Å². The maximum Gasteiger partial charge on any atom is 0.262 e. The zero-order valence-electron chi connectivity index (χ0n) is 12.9. The van der Waals surface area contributed by atoms with Crippen molar-refractivity contribution in [2.45, 2.75) is 13.0 Å². The summed E-state index contributed by atoms with van der Waals surface area (Å²) in [6.07, 6.45) is 0. The topological polar surface area (TPSA) is 72.2 Å². The molecule has 0 aliphatic rings. The second-order valence-electron chi connectivity index (χ2n) is 5.42. The molecule has 2 aromatic carbocycles. The summed E-state index contributed by atoms with van der Waals surface area (Å²) in [5.74, 6) is -1.39. The summed E-state index contributed by atoms with van der Waals surface area (Å²) in [6, 6.07) is 12.3. The number of aryl methyl sites for hydroxylation is 1. The van der Waals surface area contributed by atoms with E-state index in [0.717, 1.165) is 4.70 Å². The van der Waals surface area contributed by atoms with E-state index in [1.54, 1.807) is 37.3 Å². The van der Waals surface area contributed by atoms with Gasteiger partial charge in [0.15, 0.2) is 0 Å². The Morgan fingerprint density at radius 3 is 2.54 bits per heavy atom. The van der Waals surface area contributed by atoms with Crippen LogP contribution in [0.4, 0.5) is 4.39 Å². The first-order chi connectivity index (χ1) is 11.5. The van der Waals surface area contributed by atoms with E-state index < -0.39 is 17.9 Å². The fourth-order valence-electron chi connectivity index (χ4n) is 2.57. The van der Waals surface area contributed by atoms with Crippen molar-refractivity contribution in [3.05, 3.63) is 70.4 Å². The van der Waals surface area contributed by atoms with Crippen molar-refractivity contribution in [2.75, 3.05) is 0 Å². The standard InChI is InChI=1S/C18H15FN2O2S/c1-10-13-9-12(19)7-8-14(13)24-16(10)18(23)21-15(17(20)22)11-5-3-2-4-6-11/h2-9,15H,1H3,(H2,20,22)(H,21,23)/t15-/m0/s1. The van der Waals surface area contributed by atoms with Crippen molar-refractivity contribution in [3.8, 4) is 0 Å². The Hall–Kier alpha value is -2.73. The van der Waals surface area contributed by atoms with Crippen LogP contribution in [0.15, 0.2) is 48.5 Å². The van der Waals surface area contributed by atoms with E-state index in [4.69, 9.17) is 5.73 Å². The highest BCUT2D eigenvalue weighted by Gasteiger charge is 2.23. The van der Waals surface area contributed by atoms with Gasteiger partial charge in [0.05, 0.1) is 4.88 Å². The molecule has 1 atom stereocenters. The molecule has 3 N–H and O–H groups in total. The van der Waals surface area contributed by atoms with E-state index in [-0.39, 0.29) is 5.82 Å². The number of hydrogen-bond donors (Lipinski definition) is 2. The highest BCUT2D eigenvalue weighted by Crippen LogP contribution is 2.31. The number of hydrogen-bond acceptors (Lipinski definition) is 3. The zero-order valence-corrected chi connectivity index (χ0v) is 13.7. The van der Waals surface area contributed by atoms with E-state index >= 15 is 0 Å². The molecule has 1 heterocycles. The quantitative estimate of drug-likeness (QED) is 0.763. The number of fused-ring (bicyclic) bond motifs is 1. The summed E-state index contributed by atoms with van der Waals surface area (Å²) in [7, 11) is 0. The smallest absolute Gasteiger partial charge is 0.262 e. The summed E-state index contributed by atoms with van der Waals surface area (Å²) in [4.78, 5) is 24.8. The van der Waals surface area contributed by atoms with Gasteiger partial charge >= 0.3 is 0 Å². The van der Waals surface area contributed by atoms with Gasteiger partial charge in [-0.05, 0) is 41.6 Å². The minimum Gasteiger partial charge on any atom is -0.368 e. The van der Waals surface area contributed by atoms with Gasteiger partial charge in [0.2, 0.25) is 5.91 Å². The van der Waals surface area contributed by atoms with Gasteiger partial charge in [-0.15, -0.1) is 11.3 Å². The number of amides is 2. The third-order valence-corrected chi connectivity index (χ3v) is 5.07. The first-order valence-corrected chi connectivity index (χ1v) is 8.13. The van der Waals surface area contributed by atoms with Crippen LogP contribution in [0.3, 0.4) is 0 Å². The van der Waals surface area contributed by atoms with Gasteiger partial charge in [-0.2, -0.15) is 0 Å². The molecule has 3 rings (SSSR count). The van der Waals surface area contributed by atoms with Gasteiger partial charge < -0.3 is 11.1 Å². The zero-order chi connectivity index (χ0) is 17.3. The summed E-state index contributed by atoms with van der Waals surface area (Å²) < 4.78 is 14.2. The number of benzene rings is 2. The SMILES string of the molecule is Cc1c(C(=O)N[C@H](C(N)=O)c2ccccc2)sc2ccc(F)cc12. The van der Waals surface area contributed by atoms with Crippen molar-refractivity contribution in [1.82, 2.24) is 5.32 Å². The molecule has 0 saturated carbocycles. The lowest BCUT2D eigenvalue weighted by molar-refractivity contribution is -0.120. The third kappa shape index (κ3) is 3.00. The molecule has 24 heavy (non-hydrogen) atoms. The van der Waals surface area contributed by atoms with Crippen molar-refractivity contribution in [2.24, 2.45) is 5.73 Å². The molecule has 0 unspecified atom stereocenters. The van der Waals surface area contributed by atoms with Crippen LogP contribution in [0.25, 0.3) is 10.1 Å². The molecule has 0 bridgehead atoms. The average Bonchev–Trinajstić information content (AvgIpc) is 2.89. The molecule has 0 saturated heterocycles. The number of nitrogens with two attached hydrogens (primary N) is 1. The van der Waals surface area contributed by atoms with Crippen LogP contribution >= 0.6 is 11.3 Å². The first kappa shape index (κ1) is 16.1. The maximum atomic E-state index is 13.4. The van der Waals surface area contributed by atoms with Gasteiger partial charge in [0, 0.05) is 4.70 Å². The number of rotatable bonds is 4. The second-order valence-corrected chi connectivity index (χ2v) is 6.47. The van der Waals surface area contributed by atoms with Crippen molar-refractivity contribution in [1.29, 1.82) is 0 Å². The van der Waals surface area contributed by atoms with E-state index in [2.05, 4.69) is 5.32 Å². The Labute approximate surface area is 142 Å². The van der Waals surface area contributed by atoms with Crippen LogP contribution in [0, 0.1) is 12.7 Å². The van der Waals surface area contributed by atoms with Gasteiger partial charge in [0.1, 0.15) is 11.9 Å². The molecule has 0 radical (unpaired) electrons. The number of primary amides is 1. The lowest BCUT2D eigenvalue weighted by Crippen LogP contribution is -2.37. The number of carbonyl (C=O) groups is 2. The predicted molar refractivity (Wildman–Crippen MR) is 92.4 cm³/mol. The number of halogens is 1. The van der Waals surface area contributed by atoms with Crippen LogP contribution in [0.1, 0.15) is 26.8 Å². The van der Waals surface area contributed by atoms with Crippen molar-refractivity contribution < 1.29 is 14.0 Å². The van der Waals surface area contributed by atoms with Crippen molar-refractivity contribution in [3.63, 3.8) is 0 Å². The minimum absolute atomic E-state index is 0.352. The largest absolute Gasteiger partial charge is 0.368 e. The first-order valence-electron chi connectivity index (χ1n) is 7.31. The predicted octanol–water partition coefficient (Wildman–Crippen LogP) is 3.31. The van der Waals surface area contributed by atoms with Crippen LogP contribution in [-0.2, 0) is 4.79 Å². The van der Waals surface area contributed by atoms with Crippen molar-refractivity contribution >= 4 is 33.2 Å². The molecular weight excluding hydrogens is 327 g/mol. The molecule has 2 amide bonds. The van der Waals surface area contributed by atoms with Gasteiger partial charge in [0.25, 0.3) is 5.91 Å². The molecule has 1 aromatic heterocycles. The highest BCUT2D eigenvalue weighted by molar-refractivity contribution is 7.21. The minimum atomic E-state index is -0.917. The summed E-state index contributed by atoms with van der Waals surface area (Å²) in [5, 5.41) is 3.36. The molecule has 4 nitrogen and oxygen atoms in total. The number of nitrogens with one attached hydrogen (secondary N) is 1. The van der Waals surface area contributed by atoms with Crippen LogP contribution < -0.4 is 11.1 Å². The lowest BCUT2D eigenvalue weighted by Gasteiger charge is -2.15. The number of carbonyl (C=O) groups excluding carboxylic acids is 2. The Morgan fingerprint density at radius 1 is 1.17 bits per heavy atom. The van der Waals surface area contributed by atoms with E-state index in [1.165, 1.54) is 23.5 Å². The second kappa shape index (κ2) is 6.41.